The van der Waals surface area contributed by atoms with Gasteiger partial charge in [0.15, 0.2) is 5.82 Å². The summed E-state index contributed by atoms with van der Waals surface area (Å²) in [5, 5.41) is 6.60. The van der Waals surface area contributed by atoms with Crippen LogP contribution in [0.1, 0.15) is 16.6 Å². The number of hydrogen-bond donors (Lipinski definition) is 2. The average Bonchev–Trinajstić information content (AvgIpc) is 2.97. The molecule has 0 aliphatic rings. The van der Waals surface area contributed by atoms with Gasteiger partial charge in [0.25, 0.3) is 0 Å². The van der Waals surface area contributed by atoms with E-state index in [2.05, 4.69) is 20.2 Å². The largest absolute Gasteiger partial charge is 0.340 e. The molecule has 2 aromatic heterocycles. The maximum Gasteiger partial charge on any atom is 0.250 e. The molecular weight excluding hydrogens is 288 g/mol. The third-order valence-electron chi connectivity index (χ3n) is 2.24. The molecule has 0 fully saturated rings. The number of hydrogen-bond acceptors (Lipinski definition) is 7. The van der Waals surface area contributed by atoms with Gasteiger partial charge in [-0.15, -0.1) is 11.3 Å². The molecule has 2 aromatic rings. The summed E-state index contributed by atoms with van der Waals surface area (Å²) >= 11 is 1.23. The molecule has 0 atom stereocenters. The standard InChI is InChI=1S/C10H14N4O3S2/c1-7-13-9(14-17-7)6-12-19(15,16)10-4-3-8(18-10)5-11-2/h3-4,11-12H,5-6H2,1-2H3. The van der Waals surface area contributed by atoms with Gasteiger partial charge in [0.1, 0.15) is 4.21 Å². The van der Waals surface area contributed by atoms with E-state index >= 15 is 0 Å². The van der Waals surface area contributed by atoms with Crippen LogP contribution in [-0.4, -0.2) is 25.6 Å². The van der Waals surface area contributed by atoms with Crippen molar-refractivity contribution in [3.63, 3.8) is 0 Å². The van der Waals surface area contributed by atoms with E-state index in [4.69, 9.17) is 4.52 Å². The van der Waals surface area contributed by atoms with E-state index in [0.29, 0.717) is 18.3 Å². The highest BCUT2D eigenvalue weighted by molar-refractivity contribution is 7.91. The molecule has 0 amide bonds. The molecule has 0 aromatic carbocycles. The Balaban J connectivity index is 2.04. The Kier molecular flexibility index (Phi) is 4.30. The van der Waals surface area contributed by atoms with Gasteiger partial charge in [0.05, 0.1) is 6.54 Å². The Morgan fingerprint density at radius 1 is 1.37 bits per heavy atom. The molecule has 0 unspecified atom stereocenters. The number of sulfonamides is 1. The molecule has 0 aliphatic heterocycles. The minimum Gasteiger partial charge on any atom is -0.340 e. The molecule has 104 valence electrons. The van der Waals surface area contributed by atoms with E-state index in [1.165, 1.54) is 11.3 Å². The van der Waals surface area contributed by atoms with Crippen molar-refractivity contribution in [3.05, 3.63) is 28.7 Å². The number of aryl methyl sites for hydroxylation is 1. The molecule has 0 bridgehead atoms. The second kappa shape index (κ2) is 5.78. The van der Waals surface area contributed by atoms with Crippen molar-refractivity contribution in [2.75, 3.05) is 7.05 Å². The topological polar surface area (TPSA) is 97.1 Å². The second-order valence-corrected chi connectivity index (χ2v) is 6.97. The van der Waals surface area contributed by atoms with Crippen molar-refractivity contribution in [3.8, 4) is 0 Å². The van der Waals surface area contributed by atoms with Crippen LogP contribution in [0.25, 0.3) is 0 Å². The van der Waals surface area contributed by atoms with Crippen LogP contribution in [0, 0.1) is 6.92 Å². The summed E-state index contributed by atoms with van der Waals surface area (Å²) in [7, 11) is -1.72. The predicted octanol–water partition coefficient (Wildman–Crippen LogP) is 0.637. The molecule has 7 nitrogen and oxygen atoms in total. The summed E-state index contributed by atoms with van der Waals surface area (Å²) in [6, 6.07) is 3.37. The van der Waals surface area contributed by atoms with Gasteiger partial charge in [-0.2, -0.15) is 4.98 Å². The number of thiophene rings is 1. The minimum absolute atomic E-state index is 0.0128. The molecule has 2 rings (SSSR count). The zero-order chi connectivity index (χ0) is 13.9. The quantitative estimate of drug-likeness (QED) is 0.812. The molecule has 0 spiro atoms. The summed E-state index contributed by atoms with van der Waals surface area (Å²) in [5.74, 6) is 0.717. The van der Waals surface area contributed by atoms with E-state index in [9.17, 15) is 8.42 Å². The van der Waals surface area contributed by atoms with Gasteiger partial charge in [0, 0.05) is 18.3 Å². The van der Waals surface area contributed by atoms with Crippen molar-refractivity contribution in [2.45, 2.75) is 24.2 Å². The predicted molar refractivity (Wildman–Crippen MR) is 70.1 cm³/mol. The monoisotopic (exact) mass is 302 g/mol. The van der Waals surface area contributed by atoms with Crippen LogP contribution in [0.2, 0.25) is 0 Å². The molecule has 0 saturated heterocycles. The average molecular weight is 302 g/mol. The van der Waals surface area contributed by atoms with Gasteiger partial charge in [-0.3, -0.25) is 0 Å². The third kappa shape index (κ3) is 3.60. The highest BCUT2D eigenvalue weighted by Crippen LogP contribution is 2.21. The Hall–Kier alpha value is -1.29. The highest BCUT2D eigenvalue weighted by atomic mass is 32.2. The summed E-state index contributed by atoms with van der Waals surface area (Å²) in [5.41, 5.74) is 0. The van der Waals surface area contributed by atoms with E-state index in [-0.39, 0.29) is 10.8 Å². The number of nitrogens with zero attached hydrogens (tertiary/aromatic N) is 2. The SMILES string of the molecule is CNCc1ccc(S(=O)(=O)NCc2noc(C)n2)s1. The van der Waals surface area contributed by atoms with Crippen molar-refractivity contribution in [1.29, 1.82) is 0 Å². The normalized spacial score (nSPS) is 11.9. The number of aromatic nitrogens is 2. The zero-order valence-electron chi connectivity index (χ0n) is 10.5. The van der Waals surface area contributed by atoms with Gasteiger partial charge < -0.3 is 9.84 Å². The summed E-state index contributed by atoms with van der Waals surface area (Å²) in [6.07, 6.45) is 0. The lowest BCUT2D eigenvalue weighted by atomic mass is 10.5. The molecule has 19 heavy (non-hydrogen) atoms. The number of nitrogens with one attached hydrogen (secondary N) is 2. The van der Waals surface area contributed by atoms with Crippen LogP contribution in [0.5, 0.6) is 0 Å². The molecule has 2 N–H and O–H groups in total. The van der Waals surface area contributed by atoms with Gasteiger partial charge in [-0.25, -0.2) is 13.1 Å². The fraction of sp³-hybridized carbons (Fsp3) is 0.400. The van der Waals surface area contributed by atoms with Gasteiger partial charge in [-0.1, -0.05) is 5.16 Å². The fourth-order valence-electron chi connectivity index (χ4n) is 1.42. The van der Waals surface area contributed by atoms with Crippen LogP contribution in [-0.2, 0) is 23.1 Å². The van der Waals surface area contributed by atoms with E-state index in [1.807, 2.05) is 7.05 Å². The lowest BCUT2D eigenvalue weighted by Gasteiger charge is -2.01. The molecule has 0 saturated carbocycles. The zero-order valence-corrected chi connectivity index (χ0v) is 12.1. The van der Waals surface area contributed by atoms with Crippen LogP contribution >= 0.6 is 11.3 Å². The molecule has 2 heterocycles. The molecule has 0 radical (unpaired) electrons. The van der Waals surface area contributed by atoms with E-state index < -0.39 is 10.0 Å². The molecule has 9 heteroatoms. The van der Waals surface area contributed by atoms with E-state index in [1.54, 1.807) is 19.1 Å². The van der Waals surface area contributed by atoms with Gasteiger partial charge in [-0.05, 0) is 19.2 Å². The summed E-state index contributed by atoms with van der Waals surface area (Å²) in [6.45, 7) is 2.30. The van der Waals surface area contributed by atoms with Crippen LogP contribution in [0.4, 0.5) is 0 Å². The van der Waals surface area contributed by atoms with Crippen molar-refractivity contribution in [1.82, 2.24) is 20.2 Å². The third-order valence-corrected chi connectivity index (χ3v) is 5.22. The van der Waals surface area contributed by atoms with Crippen molar-refractivity contribution >= 4 is 21.4 Å². The van der Waals surface area contributed by atoms with Crippen LogP contribution in [0.15, 0.2) is 20.9 Å². The van der Waals surface area contributed by atoms with Gasteiger partial charge in [0.2, 0.25) is 15.9 Å². The Bertz CT molecular complexity index is 647. The first-order valence-electron chi connectivity index (χ1n) is 5.53. The molecular formula is C10H14N4O3S2. The minimum atomic E-state index is -3.53. The number of rotatable bonds is 6. The second-order valence-electron chi connectivity index (χ2n) is 3.81. The Labute approximate surface area is 115 Å². The fourth-order valence-corrected chi connectivity index (χ4v) is 3.81. The Morgan fingerprint density at radius 3 is 2.79 bits per heavy atom. The summed E-state index contributed by atoms with van der Waals surface area (Å²) in [4.78, 5) is 4.89. The lowest BCUT2D eigenvalue weighted by Crippen LogP contribution is -2.23. The smallest absolute Gasteiger partial charge is 0.250 e. The van der Waals surface area contributed by atoms with Crippen LogP contribution in [0.3, 0.4) is 0 Å². The Morgan fingerprint density at radius 2 is 2.16 bits per heavy atom. The van der Waals surface area contributed by atoms with Crippen molar-refractivity contribution in [2.24, 2.45) is 0 Å². The first-order valence-corrected chi connectivity index (χ1v) is 7.83. The molecule has 0 aliphatic carbocycles. The summed E-state index contributed by atoms with van der Waals surface area (Å²) < 4.78 is 31.5. The maximum absolute atomic E-state index is 12.0. The highest BCUT2D eigenvalue weighted by Gasteiger charge is 2.17. The van der Waals surface area contributed by atoms with Crippen molar-refractivity contribution < 1.29 is 12.9 Å². The van der Waals surface area contributed by atoms with Gasteiger partial charge >= 0.3 is 0 Å². The maximum atomic E-state index is 12.0. The van der Waals surface area contributed by atoms with E-state index in [0.717, 1.165) is 4.88 Å². The van der Waals surface area contributed by atoms with Crippen LogP contribution < -0.4 is 10.0 Å². The first-order chi connectivity index (χ1) is 9.01. The first kappa shape index (κ1) is 14.1. The lowest BCUT2D eigenvalue weighted by molar-refractivity contribution is 0.387.